The second-order valence-electron chi connectivity index (χ2n) is 4.33. The van der Waals surface area contributed by atoms with Gasteiger partial charge in [0, 0.05) is 28.9 Å². The molecule has 0 bridgehead atoms. The molecule has 104 valence electrons. The van der Waals surface area contributed by atoms with Crippen molar-refractivity contribution in [1.29, 1.82) is 0 Å². The molecule has 1 aromatic heterocycles. The molecule has 0 aliphatic rings. The molecule has 2 aromatic rings. The molecule has 0 spiro atoms. The topological polar surface area (TPSA) is 98.2 Å². The van der Waals surface area contributed by atoms with E-state index in [-0.39, 0.29) is 0 Å². The highest BCUT2D eigenvalue weighted by Crippen LogP contribution is 2.14. The van der Waals surface area contributed by atoms with Crippen LogP contribution in [0.3, 0.4) is 0 Å². The van der Waals surface area contributed by atoms with Crippen LogP contribution in [0.4, 0.5) is 0 Å². The molecule has 20 heavy (non-hydrogen) atoms. The van der Waals surface area contributed by atoms with Gasteiger partial charge in [0.2, 0.25) is 11.8 Å². The Labute approximate surface area is 120 Å². The lowest BCUT2D eigenvalue weighted by Gasteiger charge is -2.04. The minimum absolute atomic E-state index is 0.415. The minimum atomic E-state index is -0.434. The number of benzene rings is 1. The molecule has 6 heteroatoms. The Bertz CT molecular complexity index is 637. The molecule has 0 saturated heterocycles. The zero-order valence-electron chi connectivity index (χ0n) is 10.8. The van der Waals surface area contributed by atoms with Crippen molar-refractivity contribution >= 4 is 23.2 Å². The van der Waals surface area contributed by atoms with Gasteiger partial charge in [0.05, 0.1) is 5.56 Å². The second-order valence-corrected chi connectivity index (χ2v) is 5.33. The molecule has 0 atom stereocenters. The first-order chi connectivity index (χ1) is 9.56. The fourth-order valence-corrected chi connectivity index (χ4v) is 2.61. The smallest absolute Gasteiger partial charge is 0.249 e. The van der Waals surface area contributed by atoms with Gasteiger partial charge in [0.15, 0.2) is 0 Å². The number of nitrogens with one attached hydrogen (secondary N) is 1. The lowest BCUT2D eigenvalue weighted by Crippen LogP contribution is -2.14. The average molecular weight is 289 g/mol. The van der Waals surface area contributed by atoms with Gasteiger partial charge >= 0.3 is 0 Å². The Morgan fingerprint density at radius 3 is 2.45 bits per heavy atom. The summed E-state index contributed by atoms with van der Waals surface area (Å²) in [7, 11) is 0. The van der Waals surface area contributed by atoms with E-state index in [1.807, 2.05) is 6.07 Å². The van der Waals surface area contributed by atoms with Gasteiger partial charge in [-0.15, -0.1) is 11.3 Å². The van der Waals surface area contributed by atoms with E-state index in [2.05, 4.69) is 5.32 Å². The molecule has 0 aliphatic carbocycles. The zero-order chi connectivity index (χ0) is 14.5. The van der Waals surface area contributed by atoms with Gasteiger partial charge in [-0.25, -0.2) is 0 Å². The van der Waals surface area contributed by atoms with Crippen LogP contribution in [0.15, 0.2) is 35.7 Å². The third-order valence-electron chi connectivity index (χ3n) is 2.78. The molecule has 5 N–H and O–H groups in total. The van der Waals surface area contributed by atoms with Crippen molar-refractivity contribution in [1.82, 2.24) is 5.32 Å². The summed E-state index contributed by atoms with van der Waals surface area (Å²) in [5.41, 5.74) is 12.4. The number of rotatable bonds is 6. The number of carbonyl (C=O) groups is 2. The van der Waals surface area contributed by atoms with Crippen LogP contribution in [-0.4, -0.2) is 11.8 Å². The van der Waals surface area contributed by atoms with E-state index < -0.39 is 11.8 Å². The van der Waals surface area contributed by atoms with E-state index in [1.165, 1.54) is 11.3 Å². The van der Waals surface area contributed by atoms with Crippen LogP contribution in [0.2, 0.25) is 0 Å². The molecular weight excluding hydrogens is 274 g/mol. The molecule has 0 saturated carbocycles. The molecule has 0 fully saturated rings. The van der Waals surface area contributed by atoms with Crippen molar-refractivity contribution in [2.24, 2.45) is 11.5 Å². The monoisotopic (exact) mass is 289 g/mol. The number of hydrogen-bond donors (Lipinski definition) is 3. The summed E-state index contributed by atoms with van der Waals surface area (Å²) in [4.78, 5) is 23.1. The Hall–Kier alpha value is -2.18. The number of thiophene rings is 1. The first-order valence-electron chi connectivity index (χ1n) is 6.03. The summed E-state index contributed by atoms with van der Waals surface area (Å²) in [5.74, 6) is -0.849. The highest BCUT2D eigenvalue weighted by Gasteiger charge is 2.05. The largest absolute Gasteiger partial charge is 0.366 e. The van der Waals surface area contributed by atoms with Gasteiger partial charge in [0.25, 0.3) is 0 Å². The maximum absolute atomic E-state index is 11.1. The first-order valence-corrected chi connectivity index (χ1v) is 6.91. The summed E-state index contributed by atoms with van der Waals surface area (Å²) in [6, 6.07) is 8.94. The quantitative estimate of drug-likeness (QED) is 0.746. The Kier molecular flexibility index (Phi) is 4.49. The van der Waals surface area contributed by atoms with Crippen LogP contribution in [-0.2, 0) is 13.1 Å². The van der Waals surface area contributed by atoms with Gasteiger partial charge < -0.3 is 16.8 Å². The number of amides is 2. The fourth-order valence-electron chi connectivity index (χ4n) is 1.77. The van der Waals surface area contributed by atoms with E-state index in [4.69, 9.17) is 11.5 Å². The maximum Gasteiger partial charge on any atom is 0.249 e. The van der Waals surface area contributed by atoms with Gasteiger partial charge in [-0.05, 0) is 23.8 Å². The lowest BCUT2D eigenvalue weighted by molar-refractivity contribution is 0.0992. The van der Waals surface area contributed by atoms with E-state index in [9.17, 15) is 9.59 Å². The Morgan fingerprint density at radius 2 is 1.80 bits per heavy atom. The standard InChI is InChI=1S/C14H15N3O2S/c15-13(18)10-3-1-2-9(4-10)6-17-7-12-5-11(8-20-12)14(16)19/h1-5,8,17H,6-7H2,(H2,15,18)(H2,16,19). The van der Waals surface area contributed by atoms with Crippen molar-refractivity contribution in [3.63, 3.8) is 0 Å². The van der Waals surface area contributed by atoms with Crippen molar-refractivity contribution in [2.75, 3.05) is 0 Å². The lowest BCUT2D eigenvalue weighted by atomic mass is 10.1. The van der Waals surface area contributed by atoms with Gasteiger partial charge in [0.1, 0.15) is 0 Å². The fraction of sp³-hybridized carbons (Fsp3) is 0.143. The van der Waals surface area contributed by atoms with Crippen LogP contribution in [0.1, 0.15) is 31.2 Å². The number of nitrogens with two attached hydrogens (primary N) is 2. The van der Waals surface area contributed by atoms with E-state index in [0.717, 1.165) is 10.4 Å². The molecule has 2 amide bonds. The molecule has 2 rings (SSSR count). The third-order valence-corrected chi connectivity index (χ3v) is 3.71. The van der Waals surface area contributed by atoms with E-state index >= 15 is 0 Å². The SMILES string of the molecule is NC(=O)c1cccc(CNCc2cc(C(N)=O)cs2)c1. The molecule has 1 aromatic carbocycles. The molecule has 5 nitrogen and oxygen atoms in total. The minimum Gasteiger partial charge on any atom is -0.366 e. The highest BCUT2D eigenvalue weighted by atomic mass is 32.1. The summed E-state index contributed by atoms with van der Waals surface area (Å²) in [6.45, 7) is 1.25. The first kappa shape index (κ1) is 14.2. The Morgan fingerprint density at radius 1 is 1.05 bits per heavy atom. The van der Waals surface area contributed by atoms with E-state index in [1.54, 1.807) is 29.6 Å². The Balaban J connectivity index is 1.90. The van der Waals surface area contributed by atoms with Crippen molar-refractivity contribution in [3.05, 3.63) is 57.3 Å². The van der Waals surface area contributed by atoms with Crippen molar-refractivity contribution in [3.8, 4) is 0 Å². The van der Waals surface area contributed by atoms with Crippen LogP contribution in [0.25, 0.3) is 0 Å². The predicted octanol–water partition coefficient (Wildman–Crippen LogP) is 1.24. The normalized spacial score (nSPS) is 10.4. The van der Waals surface area contributed by atoms with Crippen LogP contribution in [0, 0.1) is 0 Å². The van der Waals surface area contributed by atoms with Crippen LogP contribution >= 0.6 is 11.3 Å². The molecule has 0 aliphatic heterocycles. The van der Waals surface area contributed by atoms with Gasteiger partial charge in [-0.2, -0.15) is 0 Å². The summed E-state index contributed by atoms with van der Waals surface area (Å²) >= 11 is 1.48. The third kappa shape index (κ3) is 3.66. The van der Waals surface area contributed by atoms with Crippen LogP contribution < -0.4 is 16.8 Å². The van der Waals surface area contributed by atoms with Gasteiger partial charge in [-0.3, -0.25) is 9.59 Å². The molecule has 0 unspecified atom stereocenters. The summed E-state index contributed by atoms with van der Waals surface area (Å²) in [6.07, 6.45) is 0. The zero-order valence-corrected chi connectivity index (χ0v) is 11.6. The van der Waals surface area contributed by atoms with Crippen molar-refractivity contribution in [2.45, 2.75) is 13.1 Å². The van der Waals surface area contributed by atoms with E-state index in [0.29, 0.717) is 24.2 Å². The predicted molar refractivity (Wildman–Crippen MR) is 78.3 cm³/mol. The molecule has 0 radical (unpaired) electrons. The highest BCUT2D eigenvalue weighted by molar-refractivity contribution is 7.10. The van der Waals surface area contributed by atoms with Gasteiger partial charge in [-0.1, -0.05) is 12.1 Å². The summed E-state index contributed by atoms with van der Waals surface area (Å²) < 4.78 is 0. The second kappa shape index (κ2) is 6.31. The number of primary amides is 2. The number of carbonyl (C=O) groups excluding carboxylic acids is 2. The molecule has 1 heterocycles. The van der Waals surface area contributed by atoms with Crippen LogP contribution in [0.5, 0.6) is 0 Å². The molecular formula is C14H15N3O2S. The summed E-state index contributed by atoms with van der Waals surface area (Å²) in [5, 5.41) is 4.99. The maximum atomic E-state index is 11.1. The average Bonchev–Trinajstić information content (AvgIpc) is 2.88. The number of hydrogen-bond acceptors (Lipinski definition) is 4. The van der Waals surface area contributed by atoms with Crippen molar-refractivity contribution < 1.29 is 9.59 Å².